The van der Waals surface area contributed by atoms with Gasteiger partial charge in [-0.05, 0) is 36.4 Å². The number of ether oxygens (including phenoxy) is 1. The van der Waals surface area contributed by atoms with Gasteiger partial charge in [-0.3, -0.25) is 4.79 Å². The van der Waals surface area contributed by atoms with Crippen molar-refractivity contribution in [3.63, 3.8) is 0 Å². The van der Waals surface area contributed by atoms with E-state index in [9.17, 15) is 4.79 Å². The summed E-state index contributed by atoms with van der Waals surface area (Å²) in [5.74, 6) is 0.652. The molecule has 0 unspecified atom stereocenters. The number of carbonyl (C=O) groups excluding carboxylic acids is 1. The van der Waals surface area contributed by atoms with Crippen LogP contribution in [0.15, 0.2) is 47.1 Å². The molecule has 0 radical (unpaired) electrons. The van der Waals surface area contributed by atoms with Crippen LogP contribution in [-0.4, -0.2) is 28.3 Å². The van der Waals surface area contributed by atoms with E-state index >= 15 is 0 Å². The second-order valence-corrected chi connectivity index (χ2v) is 4.06. The van der Waals surface area contributed by atoms with Crippen molar-refractivity contribution in [2.45, 2.75) is 0 Å². The van der Waals surface area contributed by atoms with E-state index in [4.69, 9.17) is 9.15 Å². The molecule has 0 saturated heterocycles. The maximum Gasteiger partial charge on any atom is 0.250 e. The highest BCUT2D eigenvalue weighted by Crippen LogP contribution is 2.24. The van der Waals surface area contributed by atoms with Gasteiger partial charge in [-0.15, -0.1) is 0 Å². The predicted octanol–water partition coefficient (Wildman–Crippen LogP) is 2.30. The lowest BCUT2D eigenvalue weighted by Crippen LogP contribution is -2.02. The van der Waals surface area contributed by atoms with Gasteiger partial charge in [-0.25, -0.2) is 0 Å². The van der Waals surface area contributed by atoms with Crippen LogP contribution in [-0.2, 0) is 0 Å². The summed E-state index contributed by atoms with van der Waals surface area (Å²) in [6.07, 6.45) is 1.44. The highest BCUT2D eigenvalue weighted by molar-refractivity contribution is 6.09. The Balaban J connectivity index is 1.99. The van der Waals surface area contributed by atoms with Crippen molar-refractivity contribution in [1.29, 1.82) is 0 Å². The Hall–Kier alpha value is -2.89. The van der Waals surface area contributed by atoms with Crippen molar-refractivity contribution in [3.05, 3.63) is 54.1 Å². The smallest absolute Gasteiger partial charge is 0.250 e. The first-order chi connectivity index (χ1) is 9.79. The van der Waals surface area contributed by atoms with Gasteiger partial charge in [0.1, 0.15) is 11.4 Å². The fourth-order valence-electron chi connectivity index (χ4n) is 1.86. The number of hydrogen-bond donors (Lipinski definition) is 1. The standard InChI is InChI=1S/C14H11N3O3/c1-19-10-6-4-9(5-7-10)12-13(16-17-15-12)14(18)11-3-2-8-20-11/h2-8H,1H3,(H,15,16,17). The summed E-state index contributed by atoms with van der Waals surface area (Å²) < 4.78 is 10.2. The van der Waals surface area contributed by atoms with Crippen molar-refractivity contribution in [3.8, 4) is 17.0 Å². The number of nitrogens with zero attached hydrogens (tertiary/aromatic N) is 2. The van der Waals surface area contributed by atoms with E-state index in [0.717, 1.165) is 11.3 Å². The zero-order chi connectivity index (χ0) is 13.9. The van der Waals surface area contributed by atoms with Crippen LogP contribution in [0.3, 0.4) is 0 Å². The summed E-state index contributed by atoms with van der Waals surface area (Å²) in [6, 6.07) is 10.5. The summed E-state index contributed by atoms with van der Waals surface area (Å²) in [6.45, 7) is 0. The summed E-state index contributed by atoms with van der Waals surface area (Å²) in [5.41, 5.74) is 1.48. The number of aromatic nitrogens is 3. The Bertz CT molecular complexity index is 714. The van der Waals surface area contributed by atoms with E-state index in [0.29, 0.717) is 5.69 Å². The summed E-state index contributed by atoms with van der Waals surface area (Å²) in [4.78, 5) is 12.2. The molecule has 0 saturated carbocycles. The molecule has 1 N–H and O–H groups in total. The second-order valence-electron chi connectivity index (χ2n) is 4.06. The molecular formula is C14H11N3O3. The molecule has 0 aliphatic rings. The number of hydrogen-bond acceptors (Lipinski definition) is 5. The van der Waals surface area contributed by atoms with Crippen molar-refractivity contribution >= 4 is 5.78 Å². The van der Waals surface area contributed by atoms with Crippen LogP contribution in [0.5, 0.6) is 5.75 Å². The summed E-state index contributed by atoms with van der Waals surface area (Å²) in [5, 5.41) is 10.4. The van der Waals surface area contributed by atoms with Gasteiger partial charge in [-0.2, -0.15) is 15.4 Å². The van der Waals surface area contributed by atoms with Crippen LogP contribution >= 0.6 is 0 Å². The molecule has 3 aromatic rings. The van der Waals surface area contributed by atoms with Crippen LogP contribution in [0.4, 0.5) is 0 Å². The molecule has 6 heteroatoms. The number of ketones is 1. The summed E-state index contributed by atoms with van der Waals surface area (Å²) in [7, 11) is 1.59. The third-order valence-corrected chi connectivity index (χ3v) is 2.87. The highest BCUT2D eigenvalue weighted by Gasteiger charge is 2.21. The quantitative estimate of drug-likeness (QED) is 0.735. The van der Waals surface area contributed by atoms with Crippen LogP contribution in [0, 0.1) is 0 Å². The third kappa shape index (κ3) is 2.07. The van der Waals surface area contributed by atoms with Gasteiger partial charge in [0.05, 0.1) is 13.4 Å². The molecule has 6 nitrogen and oxygen atoms in total. The minimum absolute atomic E-state index is 0.227. The van der Waals surface area contributed by atoms with E-state index in [1.165, 1.54) is 6.26 Å². The second kappa shape index (κ2) is 5.00. The monoisotopic (exact) mass is 269 g/mol. The van der Waals surface area contributed by atoms with E-state index in [-0.39, 0.29) is 17.2 Å². The van der Waals surface area contributed by atoms with Gasteiger partial charge in [0.15, 0.2) is 11.5 Å². The zero-order valence-corrected chi connectivity index (χ0v) is 10.7. The molecule has 20 heavy (non-hydrogen) atoms. The average molecular weight is 269 g/mol. The van der Waals surface area contributed by atoms with Crippen LogP contribution in [0.25, 0.3) is 11.3 Å². The lowest BCUT2D eigenvalue weighted by Gasteiger charge is -2.01. The van der Waals surface area contributed by atoms with Crippen molar-refractivity contribution < 1.29 is 13.9 Å². The van der Waals surface area contributed by atoms with Crippen LogP contribution < -0.4 is 4.74 Å². The Kier molecular flexibility index (Phi) is 3.04. The largest absolute Gasteiger partial charge is 0.497 e. The number of carbonyl (C=O) groups is 1. The maximum atomic E-state index is 12.2. The number of aromatic amines is 1. The average Bonchev–Trinajstić information content (AvgIpc) is 3.18. The fraction of sp³-hybridized carbons (Fsp3) is 0.0714. The molecule has 0 amide bonds. The molecule has 1 aromatic carbocycles. The molecule has 0 aliphatic carbocycles. The lowest BCUT2D eigenvalue weighted by atomic mass is 10.1. The zero-order valence-electron chi connectivity index (χ0n) is 10.7. The molecule has 0 atom stereocenters. The van der Waals surface area contributed by atoms with E-state index in [2.05, 4.69) is 15.4 Å². The first-order valence-electron chi connectivity index (χ1n) is 5.93. The van der Waals surface area contributed by atoms with E-state index in [1.807, 2.05) is 12.1 Å². The van der Waals surface area contributed by atoms with E-state index < -0.39 is 0 Å². The first-order valence-corrected chi connectivity index (χ1v) is 5.93. The van der Waals surface area contributed by atoms with Crippen LogP contribution in [0.1, 0.15) is 16.2 Å². The number of H-pyrrole nitrogens is 1. The highest BCUT2D eigenvalue weighted by atomic mass is 16.5. The molecular weight excluding hydrogens is 258 g/mol. The van der Waals surface area contributed by atoms with Gasteiger partial charge >= 0.3 is 0 Å². The Morgan fingerprint density at radius 2 is 2.00 bits per heavy atom. The number of rotatable bonds is 4. The molecule has 0 bridgehead atoms. The Morgan fingerprint density at radius 3 is 2.65 bits per heavy atom. The lowest BCUT2D eigenvalue weighted by molar-refractivity contribution is 0.100. The number of methoxy groups -OCH3 is 1. The Morgan fingerprint density at radius 1 is 1.20 bits per heavy atom. The molecule has 100 valence electrons. The predicted molar refractivity (Wildman–Crippen MR) is 70.5 cm³/mol. The molecule has 2 aromatic heterocycles. The molecule has 0 spiro atoms. The fourth-order valence-corrected chi connectivity index (χ4v) is 1.86. The first kappa shape index (κ1) is 12.2. The maximum absolute atomic E-state index is 12.2. The van der Waals surface area contributed by atoms with Crippen molar-refractivity contribution in [2.24, 2.45) is 0 Å². The molecule has 0 fully saturated rings. The SMILES string of the molecule is COc1ccc(-c2n[nH]nc2C(=O)c2ccco2)cc1. The van der Waals surface area contributed by atoms with Crippen LogP contribution in [0.2, 0.25) is 0 Å². The van der Waals surface area contributed by atoms with Gasteiger partial charge < -0.3 is 9.15 Å². The number of nitrogens with one attached hydrogen (secondary N) is 1. The number of furan rings is 1. The van der Waals surface area contributed by atoms with Gasteiger partial charge in [0, 0.05) is 5.56 Å². The van der Waals surface area contributed by atoms with Gasteiger partial charge in [0.2, 0.25) is 0 Å². The topological polar surface area (TPSA) is 81.0 Å². The number of benzene rings is 1. The normalized spacial score (nSPS) is 10.4. The minimum atomic E-state index is -0.311. The van der Waals surface area contributed by atoms with Crippen molar-refractivity contribution in [1.82, 2.24) is 15.4 Å². The van der Waals surface area contributed by atoms with Gasteiger partial charge in [-0.1, -0.05) is 0 Å². The molecule has 0 aliphatic heterocycles. The summed E-state index contributed by atoms with van der Waals surface area (Å²) >= 11 is 0. The van der Waals surface area contributed by atoms with Crippen molar-refractivity contribution in [2.75, 3.05) is 7.11 Å². The Labute approximate surface area is 114 Å². The van der Waals surface area contributed by atoms with Gasteiger partial charge in [0.25, 0.3) is 5.78 Å². The third-order valence-electron chi connectivity index (χ3n) is 2.87. The molecule has 2 heterocycles. The molecule has 3 rings (SSSR count). The van der Waals surface area contributed by atoms with E-state index in [1.54, 1.807) is 31.4 Å². The minimum Gasteiger partial charge on any atom is -0.497 e.